The first-order valence-electron chi connectivity index (χ1n) is 7.34. The van der Waals surface area contributed by atoms with E-state index in [1.165, 1.54) is 30.1 Å². The lowest BCUT2D eigenvalue weighted by Crippen LogP contribution is -2.47. The van der Waals surface area contributed by atoms with Gasteiger partial charge in [-0.2, -0.15) is 0 Å². The average Bonchev–Trinajstić information content (AvgIpc) is 2.92. The third kappa shape index (κ3) is 5.58. The van der Waals surface area contributed by atoms with Crippen LogP contribution in [0.5, 0.6) is 0 Å². The van der Waals surface area contributed by atoms with Crippen LogP contribution < -0.4 is 0 Å². The Bertz CT molecular complexity index is 723. The molecule has 142 valence electrons. The van der Waals surface area contributed by atoms with Gasteiger partial charge in [0, 0.05) is 18.7 Å². The van der Waals surface area contributed by atoms with Gasteiger partial charge in [0.05, 0.1) is 15.8 Å². The molecule has 1 aliphatic rings. The summed E-state index contributed by atoms with van der Waals surface area (Å²) in [5.41, 5.74) is 0. The van der Waals surface area contributed by atoms with Crippen LogP contribution in [-0.4, -0.2) is 46.5 Å². The van der Waals surface area contributed by atoms with Crippen molar-refractivity contribution in [1.29, 1.82) is 0 Å². The predicted octanol–water partition coefficient (Wildman–Crippen LogP) is 2.57. The number of thiophene rings is 1. The lowest BCUT2D eigenvalue weighted by Gasteiger charge is -2.36. The summed E-state index contributed by atoms with van der Waals surface area (Å²) in [6, 6.07) is 3.48. The average molecular weight is 406 g/mol. The highest BCUT2D eigenvalue weighted by Crippen LogP contribution is 2.26. The summed E-state index contributed by atoms with van der Waals surface area (Å²) in [5.74, 6) is -0.636. The molecule has 26 heavy (non-hydrogen) atoms. The summed E-state index contributed by atoms with van der Waals surface area (Å²) >= 11 is 7.21. The molecule has 10 nitrogen and oxygen atoms in total. The topological polar surface area (TPSA) is 111 Å². The van der Waals surface area contributed by atoms with Crippen molar-refractivity contribution in [2.24, 2.45) is 0 Å². The molecule has 0 aromatic carbocycles. The van der Waals surface area contributed by atoms with Crippen LogP contribution in [0.3, 0.4) is 0 Å². The minimum Gasteiger partial charge on any atom is -0.426 e. The van der Waals surface area contributed by atoms with E-state index in [1.807, 2.05) is 0 Å². The molecule has 1 aliphatic heterocycles. The number of carbonyl (C=O) groups excluding carboxylic acids is 2. The molecule has 1 fully saturated rings. The highest BCUT2D eigenvalue weighted by atomic mass is 35.5. The number of amides is 1. The van der Waals surface area contributed by atoms with Crippen LogP contribution in [0.4, 0.5) is 4.79 Å². The number of halogens is 1. The Morgan fingerprint density at radius 1 is 1.46 bits per heavy atom. The molecule has 0 N–H and O–H groups in total. The maximum atomic E-state index is 12.3. The molecule has 0 radical (unpaired) electrons. The summed E-state index contributed by atoms with van der Waals surface area (Å²) in [4.78, 5) is 36.8. The molecule has 1 amide bonds. The lowest BCUT2D eigenvalue weighted by atomic mass is 10.4. The number of esters is 1. The van der Waals surface area contributed by atoms with E-state index in [0.29, 0.717) is 10.5 Å². The van der Waals surface area contributed by atoms with Crippen molar-refractivity contribution in [2.75, 3.05) is 13.5 Å². The predicted molar refractivity (Wildman–Crippen MR) is 90.3 cm³/mol. The van der Waals surface area contributed by atoms with E-state index < -0.39 is 23.3 Å². The Kier molecular flexibility index (Phi) is 6.77. The van der Waals surface area contributed by atoms with Crippen LogP contribution in [0, 0.1) is 10.1 Å². The minimum absolute atomic E-state index is 0.00852. The van der Waals surface area contributed by atoms with Crippen molar-refractivity contribution in [2.45, 2.75) is 26.7 Å². The Morgan fingerprint density at radius 2 is 2.19 bits per heavy atom. The normalized spacial score (nSPS) is 17.1. The Balaban J connectivity index is 2.17. The first kappa shape index (κ1) is 19.9. The van der Waals surface area contributed by atoms with Crippen LogP contribution in [0.15, 0.2) is 24.2 Å². The molecule has 0 saturated carbocycles. The zero-order valence-electron chi connectivity index (χ0n) is 13.9. The van der Waals surface area contributed by atoms with Crippen molar-refractivity contribution in [3.05, 3.63) is 43.5 Å². The Labute approximate surface area is 157 Å². The van der Waals surface area contributed by atoms with Crippen molar-refractivity contribution < 1.29 is 28.7 Å². The number of rotatable bonds is 5. The van der Waals surface area contributed by atoms with Crippen molar-refractivity contribution >= 4 is 35.0 Å². The smallest absolute Gasteiger partial charge is 0.420 e. The third-order valence-electron chi connectivity index (χ3n) is 3.08. The second-order valence-corrected chi connectivity index (χ2v) is 6.93. The van der Waals surface area contributed by atoms with Crippen molar-refractivity contribution in [3.63, 3.8) is 0 Å². The molecule has 0 spiro atoms. The molecule has 1 aromatic rings. The summed E-state index contributed by atoms with van der Waals surface area (Å²) in [7, 11) is 0. The van der Waals surface area contributed by atoms with Gasteiger partial charge in [0.2, 0.25) is 6.29 Å². The molecule has 1 aromatic heterocycles. The van der Waals surface area contributed by atoms with Gasteiger partial charge in [-0.15, -0.1) is 11.3 Å². The number of ether oxygens (including phenoxy) is 3. The number of hydrogen-bond acceptors (Lipinski definition) is 9. The summed E-state index contributed by atoms with van der Waals surface area (Å²) in [6.07, 6.45) is -1.40. The van der Waals surface area contributed by atoms with Gasteiger partial charge in [-0.1, -0.05) is 11.6 Å². The van der Waals surface area contributed by atoms with Crippen LogP contribution in [0.25, 0.3) is 0 Å². The van der Waals surface area contributed by atoms with E-state index in [1.54, 1.807) is 12.1 Å². The highest BCUT2D eigenvalue weighted by molar-refractivity contribution is 7.16. The summed E-state index contributed by atoms with van der Waals surface area (Å²) in [6.45, 7) is 2.57. The molecule has 12 heteroatoms. The maximum Gasteiger partial charge on any atom is 0.420 e. The van der Waals surface area contributed by atoms with Gasteiger partial charge in [-0.25, -0.2) is 9.69 Å². The largest absolute Gasteiger partial charge is 0.426 e. The lowest BCUT2D eigenvalue weighted by molar-refractivity contribution is -0.406. The van der Waals surface area contributed by atoms with Gasteiger partial charge < -0.3 is 19.1 Å². The van der Waals surface area contributed by atoms with Gasteiger partial charge in [-0.3, -0.25) is 14.9 Å². The fourth-order valence-electron chi connectivity index (χ4n) is 2.15. The number of nitro groups is 1. The first-order valence-corrected chi connectivity index (χ1v) is 8.53. The molecule has 1 saturated heterocycles. The third-order valence-corrected chi connectivity index (χ3v) is 4.30. The molecular formula is C14H16ClN3O7S. The van der Waals surface area contributed by atoms with Gasteiger partial charge in [0.1, 0.15) is 13.5 Å². The summed E-state index contributed by atoms with van der Waals surface area (Å²) < 4.78 is 15.6. The number of nitrogens with zero attached hydrogens (tertiary/aromatic N) is 3. The van der Waals surface area contributed by atoms with Crippen LogP contribution in [-0.2, 0) is 25.5 Å². The molecular weight excluding hydrogens is 390 g/mol. The zero-order valence-corrected chi connectivity index (χ0v) is 15.5. The SMILES string of the molecule is CC(=O)OC(C)OC(=O)N1COCN(Cc2ccc(Cl)s2)/C1=C/[N+](=O)[O-]. The van der Waals surface area contributed by atoms with E-state index in [4.69, 9.17) is 25.8 Å². The van der Waals surface area contributed by atoms with E-state index >= 15 is 0 Å². The van der Waals surface area contributed by atoms with Crippen molar-refractivity contribution in [1.82, 2.24) is 9.80 Å². The van der Waals surface area contributed by atoms with E-state index in [2.05, 4.69) is 0 Å². The van der Waals surface area contributed by atoms with Crippen LogP contribution >= 0.6 is 22.9 Å². The second-order valence-electron chi connectivity index (χ2n) is 5.13. The van der Waals surface area contributed by atoms with E-state index in [-0.39, 0.29) is 25.8 Å². The molecule has 0 bridgehead atoms. The molecule has 2 heterocycles. The van der Waals surface area contributed by atoms with Gasteiger partial charge >= 0.3 is 12.1 Å². The first-order chi connectivity index (χ1) is 12.3. The second kappa shape index (κ2) is 8.83. The van der Waals surface area contributed by atoms with E-state index in [0.717, 1.165) is 9.78 Å². The zero-order chi connectivity index (χ0) is 19.3. The quantitative estimate of drug-likeness (QED) is 0.318. The Hall–Kier alpha value is -2.37. The standard InChI is InChI=1S/C14H16ClN3O7S/c1-9(19)24-10(2)25-14(20)17-8-23-7-16(13(17)6-18(21)22)5-11-3-4-12(15)26-11/h3-4,6,10H,5,7-8H2,1-2H3/b13-6-. The fraction of sp³-hybridized carbons (Fsp3) is 0.429. The molecule has 2 rings (SSSR count). The summed E-state index contributed by atoms with van der Waals surface area (Å²) in [5, 5.41) is 11.0. The van der Waals surface area contributed by atoms with Crippen LogP contribution in [0.1, 0.15) is 18.7 Å². The van der Waals surface area contributed by atoms with Crippen molar-refractivity contribution in [3.8, 4) is 0 Å². The molecule has 1 atom stereocenters. The van der Waals surface area contributed by atoms with Gasteiger partial charge in [0.15, 0.2) is 5.82 Å². The number of carbonyl (C=O) groups is 2. The molecule has 0 aliphatic carbocycles. The Morgan fingerprint density at radius 3 is 2.77 bits per heavy atom. The van der Waals surface area contributed by atoms with E-state index in [9.17, 15) is 19.7 Å². The fourth-order valence-corrected chi connectivity index (χ4v) is 3.26. The maximum absolute atomic E-state index is 12.3. The highest BCUT2D eigenvalue weighted by Gasteiger charge is 2.32. The number of hydrogen-bond donors (Lipinski definition) is 0. The van der Waals surface area contributed by atoms with Crippen LogP contribution in [0.2, 0.25) is 4.34 Å². The minimum atomic E-state index is -1.15. The monoisotopic (exact) mass is 405 g/mol. The molecule has 1 unspecified atom stereocenters. The van der Waals surface area contributed by atoms with Gasteiger partial charge in [-0.05, 0) is 12.1 Å². The van der Waals surface area contributed by atoms with Gasteiger partial charge in [0.25, 0.3) is 6.20 Å².